The summed E-state index contributed by atoms with van der Waals surface area (Å²) in [5.41, 5.74) is 0. The topological polar surface area (TPSA) is 12.0 Å². The zero-order valence-electron chi connectivity index (χ0n) is 9.38. The summed E-state index contributed by atoms with van der Waals surface area (Å²) in [5.74, 6) is 0.793. The van der Waals surface area contributed by atoms with E-state index in [0.717, 1.165) is 5.92 Å². The van der Waals surface area contributed by atoms with Gasteiger partial charge in [0.05, 0.1) is 5.38 Å². The van der Waals surface area contributed by atoms with Gasteiger partial charge in [0.25, 0.3) is 0 Å². The van der Waals surface area contributed by atoms with Crippen LogP contribution in [0.1, 0.15) is 51.4 Å². The number of halogens is 2. The molecule has 0 aromatic heterocycles. The van der Waals surface area contributed by atoms with Crippen LogP contribution in [0.25, 0.3) is 0 Å². The van der Waals surface area contributed by atoms with Gasteiger partial charge in [0, 0.05) is 6.04 Å². The molecule has 2 fully saturated rings. The monoisotopic (exact) mass is 251 g/mol. The molecule has 2 unspecified atom stereocenters. The van der Waals surface area contributed by atoms with Gasteiger partial charge in [-0.05, 0) is 38.1 Å². The van der Waals surface area contributed by atoms with Gasteiger partial charge in [0.1, 0.15) is 0 Å². The van der Waals surface area contributed by atoms with Gasteiger partial charge in [-0.15, -0.1) is 24.0 Å². The predicted octanol–water partition coefficient (Wildman–Crippen LogP) is 3.74. The van der Waals surface area contributed by atoms with Crippen molar-refractivity contribution in [2.75, 3.05) is 6.54 Å². The third kappa shape index (κ3) is 3.80. The number of alkyl halides is 1. The van der Waals surface area contributed by atoms with Crippen molar-refractivity contribution in [1.29, 1.82) is 0 Å². The third-order valence-electron chi connectivity index (χ3n) is 3.83. The maximum absolute atomic E-state index is 6.58. The molecule has 15 heavy (non-hydrogen) atoms. The van der Waals surface area contributed by atoms with Crippen LogP contribution in [0.2, 0.25) is 0 Å². The second-order valence-electron chi connectivity index (χ2n) is 4.90. The second kappa shape index (κ2) is 6.98. The van der Waals surface area contributed by atoms with Crippen molar-refractivity contribution in [1.82, 2.24) is 5.32 Å². The van der Waals surface area contributed by atoms with Crippen LogP contribution >= 0.6 is 24.0 Å². The van der Waals surface area contributed by atoms with Gasteiger partial charge in [0.2, 0.25) is 0 Å². The van der Waals surface area contributed by atoms with Crippen LogP contribution in [0.5, 0.6) is 0 Å². The Balaban J connectivity index is 0.00000112. The average molecular weight is 252 g/mol. The van der Waals surface area contributed by atoms with E-state index in [1.165, 1.54) is 57.9 Å². The number of nitrogens with one attached hydrogen (secondary N) is 1. The van der Waals surface area contributed by atoms with Gasteiger partial charge in [-0.1, -0.05) is 25.7 Å². The van der Waals surface area contributed by atoms with Gasteiger partial charge in [-0.3, -0.25) is 0 Å². The Morgan fingerprint density at radius 2 is 1.60 bits per heavy atom. The molecule has 3 heteroatoms. The Hall–Kier alpha value is 0.540. The molecule has 1 saturated carbocycles. The number of piperidine rings is 1. The summed E-state index contributed by atoms with van der Waals surface area (Å²) in [4.78, 5) is 0. The highest BCUT2D eigenvalue weighted by Gasteiger charge is 2.29. The van der Waals surface area contributed by atoms with Crippen LogP contribution in [0.15, 0.2) is 0 Å². The summed E-state index contributed by atoms with van der Waals surface area (Å²) in [5, 5.41) is 3.98. The summed E-state index contributed by atoms with van der Waals surface area (Å²) in [6.07, 6.45) is 11.0. The minimum Gasteiger partial charge on any atom is -0.313 e. The molecule has 0 spiro atoms. The van der Waals surface area contributed by atoms with Crippen molar-refractivity contribution in [3.05, 3.63) is 0 Å². The molecule has 0 amide bonds. The van der Waals surface area contributed by atoms with Gasteiger partial charge < -0.3 is 5.32 Å². The minimum atomic E-state index is 0. The van der Waals surface area contributed by atoms with Crippen LogP contribution in [0.4, 0.5) is 0 Å². The fraction of sp³-hybridized carbons (Fsp3) is 1.00. The molecule has 0 bridgehead atoms. The summed E-state index contributed by atoms with van der Waals surface area (Å²) in [6.45, 7) is 1.18. The summed E-state index contributed by atoms with van der Waals surface area (Å²) < 4.78 is 0. The normalized spacial score (nSPS) is 30.6. The van der Waals surface area contributed by atoms with E-state index in [1.54, 1.807) is 0 Å². The molecule has 1 nitrogen and oxygen atoms in total. The number of hydrogen-bond acceptors (Lipinski definition) is 1. The second-order valence-corrected chi connectivity index (χ2v) is 5.40. The van der Waals surface area contributed by atoms with E-state index in [2.05, 4.69) is 5.32 Å². The van der Waals surface area contributed by atoms with E-state index in [4.69, 9.17) is 11.6 Å². The molecule has 2 aliphatic rings. The van der Waals surface area contributed by atoms with Gasteiger partial charge in [-0.2, -0.15) is 0 Å². The van der Waals surface area contributed by atoms with Crippen LogP contribution in [0, 0.1) is 5.92 Å². The molecule has 90 valence electrons. The zero-order chi connectivity index (χ0) is 9.80. The lowest BCUT2D eigenvalue weighted by atomic mass is 9.83. The smallest absolute Gasteiger partial charge is 0.0517 e. The van der Waals surface area contributed by atoms with Crippen LogP contribution < -0.4 is 5.32 Å². The van der Waals surface area contributed by atoms with Crippen LogP contribution in [-0.2, 0) is 0 Å². The average Bonchev–Trinajstić information content (AvgIpc) is 2.30. The Labute approximate surface area is 105 Å². The van der Waals surface area contributed by atoms with Crippen LogP contribution in [0.3, 0.4) is 0 Å². The molecule has 0 aromatic rings. The van der Waals surface area contributed by atoms with Gasteiger partial charge in [-0.25, -0.2) is 0 Å². The van der Waals surface area contributed by atoms with E-state index in [0.29, 0.717) is 11.4 Å². The van der Waals surface area contributed by atoms with Crippen molar-refractivity contribution in [2.24, 2.45) is 5.92 Å². The van der Waals surface area contributed by atoms with Crippen molar-refractivity contribution >= 4 is 24.0 Å². The fourth-order valence-corrected chi connectivity index (χ4v) is 3.40. The quantitative estimate of drug-likeness (QED) is 0.738. The number of hydrogen-bond donors (Lipinski definition) is 1. The SMILES string of the molecule is Cl.ClC(C1CCCCC1)C1CCCCN1. The number of rotatable bonds is 2. The highest BCUT2D eigenvalue weighted by Crippen LogP contribution is 2.32. The lowest BCUT2D eigenvalue weighted by Crippen LogP contribution is -2.44. The largest absolute Gasteiger partial charge is 0.313 e. The van der Waals surface area contributed by atoms with Gasteiger partial charge in [0.15, 0.2) is 0 Å². The summed E-state index contributed by atoms with van der Waals surface area (Å²) in [7, 11) is 0. The molecular weight excluding hydrogens is 229 g/mol. The zero-order valence-corrected chi connectivity index (χ0v) is 11.0. The van der Waals surface area contributed by atoms with E-state index in [9.17, 15) is 0 Å². The maximum Gasteiger partial charge on any atom is 0.0517 e. The Morgan fingerprint density at radius 1 is 0.933 bits per heavy atom. The first kappa shape index (κ1) is 13.6. The third-order valence-corrected chi connectivity index (χ3v) is 4.49. The Bertz CT molecular complexity index is 145. The lowest BCUT2D eigenvalue weighted by molar-refractivity contribution is 0.279. The molecule has 1 N–H and O–H groups in total. The Morgan fingerprint density at radius 3 is 2.20 bits per heavy atom. The van der Waals surface area contributed by atoms with Crippen molar-refractivity contribution < 1.29 is 0 Å². The molecule has 1 heterocycles. The first-order valence-electron chi connectivity index (χ1n) is 6.25. The molecule has 1 aliphatic heterocycles. The molecule has 2 atom stereocenters. The minimum absolute atomic E-state index is 0. The maximum atomic E-state index is 6.58. The molecule has 1 aliphatic carbocycles. The van der Waals surface area contributed by atoms with Crippen molar-refractivity contribution in [3.8, 4) is 0 Å². The summed E-state index contributed by atoms with van der Waals surface area (Å²) in [6, 6.07) is 0.605. The van der Waals surface area contributed by atoms with Crippen molar-refractivity contribution in [2.45, 2.75) is 62.8 Å². The van der Waals surface area contributed by atoms with Gasteiger partial charge >= 0.3 is 0 Å². The molecule has 1 saturated heterocycles. The highest BCUT2D eigenvalue weighted by molar-refractivity contribution is 6.21. The summed E-state index contributed by atoms with van der Waals surface area (Å²) >= 11 is 6.58. The van der Waals surface area contributed by atoms with Crippen molar-refractivity contribution in [3.63, 3.8) is 0 Å². The molecular formula is C12H23Cl2N. The highest BCUT2D eigenvalue weighted by atomic mass is 35.5. The first-order valence-corrected chi connectivity index (χ1v) is 6.69. The van der Waals surface area contributed by atoms with Crippen LogP contribution in [-0.4, -0.2) is 18.0 Å². The molecule has 2 rings (SSSR count). The van der Waals surface area contributed by atoms with E-state index >= 15 is 0 Å². The van der Waals surface area contributed by atoms with E-state index < -0.39 is 0 Å². The predicted molar refractivity (Wildman–Crippen MR) is 69.1 cm³/mol. The molecule has 0 aromatic carbocycles. The first-order chi connectivity index (χ1) is 6.88. The fourth-order valence-electron chi connectivity index (χ4n) is 2.93. The van der Waals surface area contributed by atoms with E-state index in [-0.39, 0.29) is 12.4 Å². The van der Waals surface area contributed by atoms with E-state index in [1.807, 2.05) is 0 Å². The Kier molecular flexibility index (Phi) is 6.33. The molecule has 0 radical (unpaired) electrons. The lowest BCUT2D eigenvalue weighted by Gasteiger charge is -2.34. The standard InChI is InChI=1S/C12H22ClN.ClH/c13-12(10-6-2-1-3-7-10)11-8-4-5-9-14-11;/h10-12,14H,1-9H2;1H.